The third-order valence-electron chi connectivity index (χ3n) is 4.66. The number of alkyl halides is 5. The largest absolute Gasteiger partial charge is 0.493 e. The first-order valence-corrected chi connectivity index (χ1v) is 9.68. The van der Waals surface area contributed by atoms with Crippen molar-refractivity contribution in [3.8, 4) is 17.2 Å². The van der Waals surface area contributed by atoms with Gasteiger partial charge in [-0.05, 0) is 36.8 Å². The lowest BCUT2D eigenvalue weighted by molar-refractivity contribution is -0.137. The molecule has 0 fully saturated rings. The standard InChI is InChI=1S/C22H18F5N3O4/c1-12-9-16(31)19(29-30(12)15-6-4-3-5-14(15)22(25,26)27)20(32)28-11-13-7-8-17(34-21(23)24)18(10-13)33-2/h3-10,21H,11H2,1-2H3,(H,28,32). The average Bonchev–Trinajstić information content (AvgIpc) is 2.77. The van der Waals surface area contributed by atoms with Crippen molar-refractivity contribution in [2.45, 2.75) is 26.3 Å². The molecule has 0 radical (unpaired) electrons. The molecule has 1 amide bonds. The number of benzene rings is 2. The van der Waals surface area contributed by atoms with Crippen molar-refractivity contribution in [2.24, 2.45) is 0 Å². The monoisotopic (exact) mass is 483 g/mol. The molecule has 0 spiro atoms. The highest BCUT2D eigenvalue weighted by Gasteiger charge is 2.34. The highest BCUT2D eigenvalue weighted by Crippen LogP contribution is 2.33. The molecule has 2 aromatic carbocycles. The van der Waals surface area contributed by atoms with Gasteiger partial charge < -0.3 is 14.8 Å². The Bertz CT molecular complexity index is 1260. The number of para-hydroxylation sites is 1. The number of carbonyl (C=O) groups excluding carboxylic acids is 1. The summed E-state index contributed by atoms with van der Waals surface area (Å²) in [6.45, 7) is -1.83. The molecule has 0 aliphatic rings. The maximum absolute atomic E-state index is 13.4. The number of methoxy groups -OCH3 is 1. The molecule has 0 atom stereocenters. The van der Waals surface area contributed by atoms with Crippen LogP contribution in [-0.4, -0.2) is 29.4 Å². The molecule has 3 rings (SSSR count). The van der Waals surface area contributed by atoms with E-state index in [1.165, 1.54) is 50.4 Å². The lowest BCUT2D eigenvalue weighted by atomic mass is 10.1. The van der Waals surface area contributed by atoms with Crippen molar-refractivity contribution >= 4 is 5.91 Å². The summed E-state index contributed by atoms with van der Waals surface area (Å²) in [4.78, 5) is 25.0. The Kier molecular flexibility index (Phi) is 7.18. The fourth-order valence-corrected chi connectivity index (χ4v) is 3.13. The summed E-state index contributed by atoms with van der Waals surface area (Å²) in [6.07, 6.45) is -4.68. The lowest BCUT2D eigenvalue weighted by Crippen LogP contribution is -2.32. The van der Waals surface area contributed by atoms with E-state index < -0.39 is 35.4 Å². The molecule has 1 N–H and O–H groups in total. The zero-order valence-electron chi connectivity index (χ0n) is 17.8. The van der Waals surface area contributed by atoms with Crippen LogP contribution in [0.25, 0.3) is 5.69 Å². The average molecular weight is 483 g/mol. The van der Waals surface area contributed by atoms with Crippen LogP contribution in [0.15, 0.2) is 53.3 Å². The molecule has 12 heteroatoms. The number of amides is 1. The summed E-state index contributed by atoms with van der Waals surface area (Å²) in [5.74, 6) is -1.15. The van der Waals surface area contributed by atoms with Gasteiger partial charge >= 0.3 is 12.8 Å². The summed E-state index contributed by atoms with van der Waals surface area (Å²) >= 11 is 0. The third kappa shape index (κ3) is 5.50. The quantitative estimate of drug-likeness (QED) is 0.512. The van der Waals surface area contributed by atoms with Crippen molar-refractivity contribution in [2.75, 3.05) is 7.11 Å². The van der Waals surface area contributed by atoms with E-state index >= 15 is 0 Å². The Labute approximate surface area is 189 Å². The number of halogens is 5. The molecule has 0 saturated carbocycles. The van der Waals surface area contributed by atoms with Gasteiger partial charge in [0.15, 0.2) is 17.2 Å². The zero-order chi connectivity index (χ0) is 25.0. The van der Waals surface area contributed by atoms with Crippen molar-refractivity contribution in [3.63, 3.8) is 0 Å². The minimum Gasteiger partial charge on any atom is -0.493 e. The number of nitrogens with zero attached hydrogens (tertiary/aromatic N) is 2. The Morgan fingerprint density at radius 3 is 2.47 bits per heavy atom. The summed E-state index contributed by atoms with van der Waals surface area (Å²) in [5.41, 5.74) is -2.22. The van der Waals surface area contributed by atoms with Crippen LogP contribution < -0.4 is 20.2 Å². The van der Waals surface area contributed by atoms with Crippen LogP contribution in [0, 0.1) is 6.92 Å². The first-order valence-electron chi connectivity index (χ1n) is 9.68. The van der Waals surface area contributed by atoms with E-state index in [4.69, 9.17) is 4.74 Å². The van der Waals surface area contributed by atoms with E-state index in [-0.39, 0.29) is 29.4 Å². The molecule has 0 unspecified atom stereocenters. The predicted molar refractivity (Wildman–Crippen MR) is 110 cm³/mol. The van der Waals surface area contributed by atoms with E-state index in [0.29, 0.717) is 5.56 Å². The second kappa shape index (κ2) is 9.89. The molecular formula is C22H18F5N3O4. The normalized spacial score (nSPS) is 11.4. The van der Waals surface area contributed by atoms with Gasteiger partial charge in [0, 0.05) is 18.3 Å². The van der Waals surface area contributed by atoms with Gasteiger partial charge in [-0.1, -0.05) is 18.2 Å². The van der Waals surface area contributed by atoms with E-state index in [9.17, 15) is 31.5 Å². The highest BCUT2D eigenvalue weighted by atomic mass is 19.4. The van der Waals surface area contributed by atoms with Crippen molar-refractivity contribution < 1.29 is 36.2 Å². The second-order valence-electron chi connectivity index (χ2n) is 6.97. The Morgan fingerprint density at radius 1 is 1.12 bits per heavy atom. The van der Waals surface area contributed by atoms with Gasteiger partial charge in [-0.2, -0.15) is 27.1 Å². The number of aromatic nitrogens is 2. The summed E-state index contributed by atoms with van der Waals surface area (Å²) in [7, 11) is 1.24. The first kappa shape index (κ1) is 24.7. The first-order chi connectivity index (χ1) is 16.0. The second-order valence-corrected chi connectivity index (χ2v) is 6.97. The van der Waals surface area contributed by atoms with E-state index in [0.717, 1.165) is 16.8 Å². The number of hydrogen-bond donors (Lipinski definition) is 1. The van der Waals surface area contributed by atoms with Gasteiger partial charge in [0.1, 0.15) is 0 Å². The van der Waals surface area contributed by atoms with Gasteiger partial charge in [0.25, 0.3) is 5.91 Å². The maximum atomic E-state index is 13.4. The molecule has 34 heavy (non-hydrogen) atoms. The molecule has 7 nitrogen and oxygen atoms in total. The van der Waals surface area contributed by atoms with Gasteiger partial charge in [0.05, 0.1) is 18.4 Å². The van der Waals surface area contributed by atoms with Crippen molar-refractivity contribution in [3.05, 3.63) is 81.3 Å². The lowest BCUT2D eigenvalue weighted by Gasteiger charge is -2.16. The number of nitrogens with one attached hydrogen (secondary N) is 1. The van der Waals surface area contributed by atoms with E-state index in [2.05, 4.69) is 15.2 Å². The number of rotatable bonds is 7. The topological polar surface area (TPSA) is 82.5 Å². The van der Waals surface area contributed by atoms with Crippen molar-refractivity contribution in [1.29, 1.82) is 0 Å². The molecule has 0 bridgehead atoms. The Morgan fingerprint density at radius 2 is 1.82 bits per heavy atom. The van der Waals surface area contributed by atoms with Crippen LogP contribution in [0.1, 0.15) is 27.3 Å². The summed E-state index contributed by atoms with van der Waals surface area (Å²) in [6, 6.07) is 9.58. The highest BCUT2D eigenvalue weighted by molar-refractivity contribution is 5.92. The van der Waals surface area contributed by atoms with Gasteiger partial charge in [0.2, 0.25) is 5.43 Å². The zero-order valence-corrected chi connectivity index (χ0v) is 17.8. The molecule has 3 aromatic rings. The fraction of sp³-hybridized carbons (Fsp3) is 0.227. The van der Waals surface area contributed by atoms with Crippen LogP contribution in [0.5, 0.6) is 11.5 Å². The van der Waals surface area contributed by atoms with Gasteiger partial charge in [-0.15, -0.1) is 0 Å². The molecule has 0 saturated heterocycles. The smallest absolute Gasteiger partial charge is 0.418 e. The Balaban J connectivity index is 1.88. The van der Waals surface area contributed by atoms with Crippen LogP contribution in [-0.2, 0) is 12.7 Å². The van der Waals surface area contributed by atoms with Crippen LogP contribution >= 0.6 is 0 Å². The van der Waals surface area contributed by atoms with Crippen molar-refractivity contribution in [1.82, 2.24) is 15.1 Å². The third-order valence-corrected chi connectivity index (χ3v) is 4.66. The summed E-state index contributed by atoms with van der Waals surface area (Å²) < 4.78 is 75.4. The molecule has 1 aromatic heterocycles. The SMILES string of the molecule is COc1cc(CNC(=O)c2nn(-c3ccccc3C(F)(F)F)c(C)cc2=O)ccc1OC(F)F. The number of aryl methyl sites for hydroxylation is 1. The number of ether oxygens (including phenoxy) is 2. The predicted octanol–water partition coefficient (Wildman–Crippen LogP) is 4.10. The van der Waals surface area contributed by atoms with Crippen LogP contribution in [0.2, 0.25) is 0 Å². The van der Waals surface area contributed by atoms with Crippen LogP contribution in [0.4, 0.5) is 22.0 Å². The van der Waals surface area contributed by atoms with Gasteiger partial charge in [-0.3, -0.25) is 9.59 Å². The fourth-order valence-electron chi connectivity index (χ4n) is 3.13. The van der Waals surface area contributed by atoms with Gasteiger partial charge in [-0.25, -0.2) is 4.68 Å². The minimum absolute atomic E-state index is 0.00776. The molecular weight excluding hydrogens is 465 g/mol. The molecule has 0 aliphatic heterocycles. The number of carbonyl (C=O) groups is 1. The molecule has 1 heterocycles. The maximum Gasteiger partial charge on any atom is 0.418 e. The molecule has 180 valence electrons. The Hall–Kier alpha value is -3.96. The van der Waals surface area contributed by atoms with E-state index in [1.54, 1.807) is 0 Å². The van der Waals surface area contributed by atoms with Crippen LogP contribution in [0.3, 0.4) is 0 Å². The summed E-state index contributed by atoms with van der Waals surface area (Å²) in [5, 5.41) is 6.30. The minimum atomic E-state index is -4.68. The number of hydrogen-bond acceptors (Lipinski definition) is 5. The molecule has 0 aliphatic carbocycles. The van der Waals surface area contributed by atoms with E-state index in [1.807, 2.05) is 0 Å².